The largest absolute Gasteiger partial charge is 0.457 e. The van der Waals surface area contributed by atoms with E-state index in [2.05, 4.69) is 0 Å². The number of benzene rings is 2. The Morgan fingerprint density at radius 1 is 0.688 bits per heavy atom. The molecular weight excluding hydrogens is 322 g/mol. The minimum absolute atomic E-state index is 0.826. The second-order valence-electron chi connectivity index (χ2n) is 2.80. The van der Waals surface area contributed by atoms with Crippen LogP contribution in [0.4, 0.5) is 0 Å². The third-order valence-corrected chi connectivity index (χ3v) is 1.72. The van der Waals surface area contributed by atoms with Gasteiger partial charge in [-0.2, -0.15) is 0 Å². The second kappa shape index (κ2) is 8.81. The van der Waals surface area contributed by atoms with Crippen LogP contribution in [0, 0.1) is 0 Å². The summed E-state index contributed by atoms with van der Waals surface area (Å²) < 4.78 is 5.58. The fourth-order valence-electron chi connectivity index (χ4n) is 1.11. The van der Waals surface area contributed by atoms with Gasteiger partial charge in [-0.15, -0.1) is 0 Å². The van der Waals surface area contributed by atoms with Crippen LogP contribution in [0.1, 0.15) is 0 Å². The Kier molecular flexibility index (Phi) is 7.58. The van der Waals surface area contributed by atoms with E-state index in [9.17, 15) is 0 Å². The van der Waals surface area contributed by atoms with Crippen LogP contribution in [-0.4, -0.2) is 0 Å². The minimum Gasteiger partial charge on any atom is -0.457 e. The molecular formula is C12H10Cl2OZr. The summed E-state index contributed by atoms with van der Waals surface area (Å²) in [5.41, 5.74) is 0. The molecule has 4 heteroatoms. The first-order chi connectivity index (χ1) is 7.86. The number of rotatable bonds is 2. The molecule has 0 saturated heterocycles. The SMILES string of the molecule is [Cl][Zr][Cl].c1ccc(Oc2ccccc2)cc1. The summed E-state index contributed by atoms with van der Waals surface area (Å²) in [7, 11) is 9.87. The van der Waals surface area contributed by atoms with Crippen LogP contribution >= 0.6 is 17.0 Å². The molecule has 0 bridgehead atoms. The van der Waals surface area contributed by atoms with Crippen molar-refractivity contribution in [1.29, 1.82) is 0 Å². The van der Waals surface area contributed by atoms with E-state index in [0.29, 0.717) is 0 Å². The second-order valence-corrected chi connectivity index (χ2v) is 6.53. The van der Waals surface area contributed by atoms with Crippen LogP contribution in [0.3, 0.4) is 0 Å². The Morgan fingerprint density at radius 3 is 1.31 bits per heavy atom. The number of hydrogen-bond donors (Lipinski definition) is 0. The average molecular weight is 332 g/mol. The van der Waals surface area contributed by atoms with Crippen molar-refractivity contribution in [1.82, 2.24) is 0 Å². The van der Waals surface area contributed by atoms with Gasteiger partial charge in [0.15, 0.2) is 0 Å². The van der Waals surface area contributed by atoms with Crippen molar-refractivity contribution >= 4 is 17.0 Å². The smallest absolute Gasteiger partial charge is 0.127 e. The molecule has 0 fully saturated rings. The summed E-state index contributed by atoms with van der Waals surface area (Å²) in [5, 5.41) is 0. The molecule has 0 aliphatic carbocycles. The van der Waals surface area contributed by atoms with Gasteiger partial charge in [-0.25, -0.2) is 0 Å². The van der Waals surface area contributed by atoms with Gasteiger partial charge in [0.1, 0.15) is 11.5 Å². The van der Waals surface area contributed by atoms with Crippen molar-refractivity contribution in [3.05, 3.63) is 60.7 Å². The van der Waals surface area contributed by atoms with Gasteiger partial charge in [-0.1, -0.05) is 36.4 Å². The van der Waals surface area contributed by atoms with E-state index in [1.165, 1.54) is 0 Å². The predicted molar refractivity (Wildman–Crippen MR) is 64.7 cm³/mol. The molecule has 0 unspecified atom stereocenters. The van der Waals surface area contributed by atoms with Crippen molar-refractivity contribution in [2.75, 3.05) is 0 Å². The van der Waals surface area contributed by atoms with Gasteiger partial charge in [0.25, 0.3) is 0 Å². The summed E-state index contributed by atoms with van der Waals surface area (Å²) in [4.78, 5) is 0. The van der Waals surface area contributed by atoms with E-state index in [0.717, 1.165) is 11.5 Å². The first kappa shape index (κ1) is 13.8. The maximum atomic E-state index is 5.58. The monoisotopic (exact) mass is 330 g/mol. The van der Waals surface area contributed by atoms with Crippen molar-refractivity contribution in [2.45, 2.75) is 0 Å². The fraction of sp³-hybridized carbons (Fsp3) is 0. The fourth-order valence-corrected chi connectivity index (χ4v) is 1.11. The molecule has 0 spiro atoms. The van der Waals surface area contributed by atoms with Crippen LogP contribution in [-0.2, 0) is 20.8 Å². The Bertz CT molecular complexity index is 343. The maximum absolute atomic E-state index is 5.58. The van der Waals surface area contributed by atoms with Gasteiger partial charge in [-0.3, -0.25) is 0 Å². The molecule has 0 aliphatic rings. The molecule has 0 saturated carbocycles. The van der Waals surface area contributed by atoms with Gasteiger partial charge < -0.3 is 4.74 Å². The molecule has 2 aromatic rings. The van der Waals surface area contributed by atoms with E-state index >= 15 is 0 Å². The van der Waals surface area contributed by atoms with Gasteiger partial charge in [0.2, 0.25) is 0 Å². The minimum atomic E-state index is -0.826. The summed E-state index contributed by atoms with van der Waals surface area (Å²) >= 11 is -0.826. The van der Waals surface area contributed by atoms with E-state index in [1.807, 2.05) is 60.7 Å². The average Bonchev–Trinajstić information content (AvgIpc) is 2.33. The number of para-hydroxylation sites is 2. The number of halogens is 2. The quantitative estimate of drug-likeness (QED) is 0.763. The van der Waals surface area contributed by atoms with Crippen LogP contribution in [0.5, 0.6) is 11.5 Å². The van der Waals surface area contributed by atoms with Gasteiger partial charge >= 0.3 is 37.9 Å². The molecule has 82 valence electrons. The van der Waals surface area contributed by atoms with E-state index in [1.54, 1.807) is 0 Å². The predicted octanol–water partition coefficient (Wildman–Crippen LogP) is 4.86. The zero-order valence-electron chi connectivity index (χ0n) is 8.44. The van der Waals surface area contributed by atoms with Crippen molar-refractivity contribution in [2.24, 2.45) is 0 Å². The first-order valence-corrected chi connectivity index (χ1v) is 10.9. The normalized spacial score (nSPS) is 8.62. The Labute approximate surface area is 114 Å². The van der Waals surface area contributed by atoms with Crippen molar-refractivity contribution < 1.29 is 25.6 Å². The molecule has 16 heavy (non-hydrogen) atoms. The molecule has 0 amide bonds. The third-order valence-electron chi connectivity index (χ3n) is 1.72. The Hall–Kier alpha value is -0.297. The van der Waals surface area contributed by atoms with Gasteiger partial charge in [-0.05, 0) is 24.3 Å². The Balaban J connectivity index is 0.000000386. The molecule has 0 N–H and O–H groups in total. The first-order valence-electron chi connectivity index (χ1n) is 4.61. The summed E-state index contributed by atoms with van der Waals surface area (Å²) in [5.74, 6) is 1.74. The van der Waals surface area contributed by atoms with Crippen LogP contribution in [0.15, 0.2) is 60.7 Å². The molecule has 1 nitrogen and oxygen atoms in total. The van der Waals surface area contributed by atoms with Gasteiger partial charge in [0.05, 0.1) is 0 Å². The number of ether oxygens (including phenoxy) is 1. The molecule has 0 aliphatic heterocycles. The zero-order valence-corrected chi connectivity index (χ0v) is 12.4. The molecule has 2 rings (SSSR count). The molecule has 0 atom stereocenters. The zero-order chi connectivity index (χ0) is 11.6. The maximum Gasteiger partial charge on any atom is 0.127 e. The van der Waals surface area contributed by atoms with Crippen molar-refractivity contribution in [3.8, 4) is 11.5 Å². The van der Waals surface area contributed by atoms with E-state index < -0.39 is 20.8 Å². The van der Waals surface area contributed by atoms with E-state index in [4.69, 9.17) is 21.8 Å². The summed E-state index contributed by atoms with van der Waals surface area (Å²) in [6.07, 6.45) is 0. The van der Waals surface area contributed by atoms with Gasteiger partial charge in [0, 0.05) is 0 Å². The summed E-state index contributed by atoms with van der Waals surface area (Å²) in [6.45, 7) is 0. The summed E-state index contributed by atoms with van der Waals surface area (Å²) in [6, 6.07) is 19.5. The van der Waals surface area contributed by atoms with Crippen molar-refractivity contribution in [3.63, 3.8) is 0 Å². The molecule has 0 heterocycles. The third kappa shape index (κ3) is 5.70. The Morgan fingerprint density at radius 2 is 1.00 bits per heavy atom. The molecule has 0 radical (unpaired) electrons. The number of hydrogen-bond acceptors (Lipinski definition) is 1. The van der Waals surface area contributed by atoms with Crippen LogP contribution < -0.4 is 4.74 Å². The van der Waals surface area contributed by atoms with Crippen LogP contribution in [0.25, 0.3) is 0 Å². The standard InChI is InChI=1S/C12H10O.2ClH.Zr/c1-3-7-11(8-4-1)13-12-9-5-2-6-10-12;;;/h1-10H;2*1H;/q;;;+2/p-2. The van der Waals surface area contributed by atoms with Crippen LogP contribution in [0.2, 0.25) is 0 Å². The molecule has 0 aromatic heterocycles. The van der Waals surface area contributed by atoms with E-state index in [-0.39, 0.29) is 0 Å². The topological polar surface area (TPSA) is 9.23 Å². The molecule has 2 aromatic carbocycles.